The summed E-state index contributed by atoms with van der Waals surface area (Å²) >= 11 is 5.66. The predicted molar refractivity (Wildman–Crippen MR) is 116 cm³/mol. The van der Waals surface area contributed by atoms with Crippen molar-refractivity contribution in [2.24, 2.45) is 10.7 Å². The molecule has 0 bridgehead atoms. The van der Waals surface area contributed by atoms with Crippen LogP contribution < -0.4 is 20.1 Å². The van der Waals surface area contributed by atoms with Crippen molar-refractivity contribution in [1.29, 1.82) is 0 Å². The van der Waals surface area contributed by atoms with E-state index in [0.29, 0.717) is 36.0 Å². The van der Waals surface area contributed by atoms with Gasteiger partial charge < -0.3 is 25.0 Å². The second-order valence-corrected chi connectivity index (χ2v) is 6.90. The van der Waals surface area contributed by atoms with E-state index in [1.54, 1.807) is 32.4 Å². The average molecular weight is 417 g/mol. The molecule has 1 amide bonds. The van der Waals surface area contributed by atoms with Gasteiger partial charge in [0.25, 0.3) is 5.91 Å². The molecule has 2 aromatic rings. The fourth-order valence-corrected chi connectivity index (χ4v) is 3.27. The molecule has 1 aliphatic rings. The Morgan fingerprint density at radius 1 is 1.03 bits per heavy atom. The molecule has 1 aliphatic heterocycles. The van der Waals surface area contributed by atoms with Gasteiger partial charge in [-0.05, 0) is 36.4 Å². The fraction of sp³-hybridized carbons (Fsp3) is 0.333. The number of benzene rings is 2. The topological polar surface area (TPSA) is 80.4 Å². The smallest absolute Gasteiger partial charge is 0.254 e. The van der Waals surface area contributed by atoms with Crippen molar-refractivity contribution < 1.29 is 14.3 Å². The maximum atomic E-state index is 12.9. The Balaban J connectivity index is 1.64. The van der Waals surface area contributed by atoms with Crippen molar-refractivity contribution >= 4 is 34.7 Å². The molecule has 1 saturated heterocycles. The number of piperazine rings is 1. The van der Waals surface area contributed by atoms with Crippen LogP contribution in [0.25, 0.3) is 0 Å². The van der Waals surface area contributed by atoms with Gasteiger partial charge in [-0.1, -0.05) is 0 Å². The van der Waals surface area contributed by atoms with E-state index in [2.05, 4.69) is 9.89 Å². The van der Waals surface area contributed by atoms with Gasteiger partial charge in [0.2, 0.25) is 0 Å². The van der Waals surface area contributed by atoms with Gasteiger partial charge >= 0.3 is 0 Å². The highest BCUT2D eigenvalue weighted by Gasteiger charge is 2.23. The third kappa shape index (κ3) is 5.12. The van der Waals surface area contributed by atoms with Gasteiger partial charge in [-0.3, -0.25) is 4.79 Å². The highest BCUT2D eigenvalue weighted by atomic mass is 35.5. The van der Waals surface area contributed by atoms with Gasteiger partial charge in [0.15, 0.2) is 0 Å². The third-order valence-corrected chi connectivity index (χ3v) is 5.06. The monoisotopic (exact) mass is 416 g/mol. The first-order valence-electron chi connectivity index (χ1n) is 9.30. The van der Waals surface area contributed by atoms with E-state index < -0.39 is 0 Å². The van der Waals surface area contributed by atoms with Crippen LogP contribution in [0.5, 0.6) is 11.5 Å². The molecule has 0 radical (unpaired) electrons. The summed E-state index contributed by atoms with van der Waals surface area (Å²) in [6.45, 7) is 2.77. The minimum atomic E-state index is -0.0249. The Morgan fingerprint density at radius 3 is 2.14 bits per heavy atom. The molecule has 0 atom stereocenters. The van der Waals surface area contributed by atoms with Crippen LogP contribution in [0.1, 0.15) is 10.4 Å². The lowest BCUT2D eigenvalue weighted by molar-refractivity contribution is 0.0746. The SMILES string of the molecule is COc1cc(OC)cc(C(=O)N2CCN(c3ccc(N=C(N)CCl)cc3)CC2)c1. The number of amidine groups is 1. The van der Waals surface area contributed by atoms with E-state index in [4.69, 9.17) is 26.8 Å². The predicted octanol–water partition coefficient (Wildman–Crippen LogP) is 2.89. The standard InChI is InChI=1S/C21H25ClN4O3/c1-28-18-11-15(12-19(13-18)29-2)21(27)26-9-7-25(8-10-26)17-5-3-16(4-6-17)24-20(23)14-22/h3-6,11-13H,7-10,14H2,1-2H3,(H2,23,24). The number of nitrogens with zero attached hydrogens (tertiary/aromatic N) is 3. The number of rotatable bonds is 6. The summed E-state index contributed by atoms with van der Waals surface area (Å²) in [4.78, 5) is 21.2. The molecule has 7 nitrogen and oxygen atoms in total. The number of anilines is 1. The van der Waals surface area contributed by atoms with E-state index in [1.165, 1.54) is 0 Å². The molecule has 2 N–H and O–H groups in total. The Labute approximate surface area is 175 Å². The molecule has 0 aromatic heterocycles. The number of methoxy groups -OCH3 is 2. The maximum Gasteiger partial charge on any atom is 0.254 e. The quantitative estimate of drug-likeness (QED) is 0.445. The Morgan fingerprint density at radius 2 is 1.62 bits per heavy atom. The summed E-state index contributed by atoms with van der Waals surface area (Å²) in [5, 5.41) is 0. The van der Waals surface area contributed by atoms with Crippen LogP contribution in [0.4, 0.5) is 11.4 Å². The van der Waals surface area contributed by atoms with Crippen LogP contribution in [0.2, 0.25) is 0 Å². The van der Waals surface area contributed by atoms with Gasteiger partial charge in [0, 0.05) is 43.5 Å². The average Bonchev–Trinajstić information content (AvgIpc) is 2.78. The lowest BCUT2D eigenvalue weighted by Crippen LogP contribution is -2.48. The molecule has 0 saturated carbocycles. The van der Waals surface area contributed by atoms with Crippen molar-refractivity contribution in [1.82, 2.24) is 4.90 Å². The Kier molecular flexibility index (Phi) is 6.82. The second-order valence-electron chi connectivity index (χ2n) is 6.63. The van der Waals surface area contributed by atoms with Crippen LogP contribution in [-0.4, -0.2) is 62.9 Å². The lowest BCUT2D eigenvalue weighted by Gasteiger charge is -2.36. The van der Waals surface area contributed by atoms with Crippen LogP contribution in [-0.2, 0) is 0 Å². The number of nitrogens with two attached hydrogens (primary N) is 1. The van der Waals surface area contributed by atoms with Crippen molar-refractivity contribution in [3.05, 3.63) is 48.0 Å². The van der Waals surface area contributed by atoms with Crippen LogP contribution in [0.15, 0.2) is 47.5 Å². The highest BCUT2D eigenvalue weighted by molar-refractivity contribution is 6.28. The zero-order chi connectivity index (χ0) is 20.8. The number of halogens is 1. The first-order valence-corrected chi connectivity index (χ1v) is 9.84. The third-order valence-electron chi connectivity index (χ3n) is 4.79. The van der Waals surface area contributed by atoms with E-state index >= 15 is 0 Å². The number of carbonyl (C=O) groups is 1. The summed E-state index contributed by atoms with van der Waals surface area (Å²) in [5.41, 5.74) is 8.09. The Bertz CT molecular complexity index is 856. The number of aliphatic imine (C=N–C) groups is 1. The van der Waals surface area contributed by atoms with E-state index in [-0.39, 0.29) is 11.8 Å². The van der Waals surface area contributed by atoms with Gasteiger partial charge in [-0.2, -0.15) is 0 Å². The minimum Gasteiger partial charge on any atom is -0.497 e. The summed E-state index contributed by atoms with van der Waals surface area (Å²) in [5.74, 6) is 1.77. The summed E-state index contributed by atoms with van der Waals surface area (Å²) < 4.78 is 10.5. The zero-order valence-electron chi connectivity index (χ0n) is 16.6. The Hall–Kier alpha value is -2.93. The molecule has 29 heavy (non-hydrogen) atoms. The highest BCUT2D eigenvalue weighted by Crippen LogP contribution is 2.25. The molecule has 0 aliphatic carbocycles. The van der Waals surface area contributed by atoms with Gasteiger partial charge in [-0.15, -0.1) is 11.6 Å². The first kappa shape index (κ1) is 20.8. The molecule has 154 valence electrons. The number of amides is 1. The van der Waals surface area contributed by atoms with E-state index in [1.807, 2.05) is 29.2 Å². The van der Waals surface area contributed by atoms with Crippen molar-refractivity contribution in [2.45, 2.75) is 0 Å². The maximum absolute atomic E-state index is 12.9. The number of carbonyl (C=O) groups excluding carboxylic acids is 1. The van der Waals surface area contributed by atoms with E-state index in [9.17, 15) is 4.79 Å². The summed E-state index contributed by atoms with van der Waals surface area (Å²) in [6, 6.07) is 13.1. The first-order chi connectivity index (χ1) is 14.0. The minimum absolute atomic E-state index is 0.0249. The second kappa shape index (κ2) is 9.52. The summed E-state index contributed by atoms with van der Waals surface area (Å²) in [6.07, 6.45) is 0. The molecule has 3 rings (SSSR count). The fourth-order valence-electron chi connectivity index (χ4n) is 3.21. The molecule has 0 unspecified atom stereocenters. The molecule has 2 aromatic carbocycles. The molecular weight excluding hydrogens is 392 g/mol. The van der Waals surface area contributed by atoms with Crippen molar-refractivity contribution in [2.75, 3.05) is 51.2 Å². The van der Waals surface area contributed by atoms with Crippen LogP contribution >= 0.6 is 11.6 Å². The largest absolute Gasteiger partial charge is 0.497 e. The normalized spacial score (nSPS) is 14.7. The number of hydrogen-bond donors (Lipinski definition) is 1. The van der Waals surface area contributed by atoms with Crippen LogP contribution in [0.3, 0.4) is 0 Å². The number of hydrogen-bond acceptors (Lipinski definition) is 5. The van der Waals surface area contributed by atoms with Crippen molar-refractivity contribution in [3.8, 4) is 11.5 Å². The summed E-state index contributed by atoms with van der Waals surface area (Å²) in [7, 11) is 3.14. The number of ether oxygens (including phenoxy) is 2. The van der Waals surface area contributed by atoms with Crippen LogP contribution in [0, 0.1) is 0 Å². The molecule has 8 heteroatoms. The van der Waals surface area contributed by atoms with Gasteiger partial charge in [0.05, 0.1) is 25.8 Å². The van der Waals surface area contributed by atoms with Gasteiger partial charge in [-0.25, -0.2) is 4.99 Å². The molecular formula is C21H25ClN4O3. The number of alkyl halides is 1. The lowest BCUT2D eigenvalue weighted by atomic mass is 10.1. The van der Waals surface area contributed by atoms with E-state index in [0.717, 1.165) is 24.5 Å². The molecule has 0 spiro atoms. The zero-order valence-corrected chi connectivity index (χ0v) is 17.4. The van der Waals surface area contributed by atoms with Crippen molar-refractivity contribution in [3.63, 3.8) is 0 Å². The molecule has 1 heterocycles. The van der Waals surface area contributed by atoms with Gasteiger partial charge in [0.1, 0.15) is 17.3 Å². The molecule has 1 fully saturated rings.